The molecule has 4 N–H and O–H groups in total. The molecule has 2 rings (SSSR count). The molecule has 1 aromatic carbocycles. The van der Waals surface area contributed by atoms with Crippen LogP contribution in [0, 0.1) is 0 Å². The van der Waals surface area contributed by atoms with Crippen LogP contribution >= 0.6 is 0 Å². The molecule has 0 aliphatic carbocycles. The second-order valence-electron chi connectivity index (χ2n) is 5.48. The van der Waals surface area contributed by atoms with Gasteiger partial charge in [-0.05, 0) is 12.1 Å². The highest BCUT2D eigenvalue weighted by molar-refractivity contribution is 6.35. The normalized spacial score (nSPS) is 15.3. The van der Waals surface area contributed by atoms with E-state index in [4.69, 9.17) is 4.74 Å². The van der Waals surface area contributed by atoms with Crippen LogP contribution in [0.4, 0.5) is 0 Å². The summed E-state index contributed by atoms with van der Waals surface area (Å²) in [6, 6.07) is 6.55. The number of phenolic OH excluding ortho intramolecular Hbond substituents is 1. The van der Waals surface area contributed by atoms with Gasteiger partial charge in [0.25, 0.3) is 0 Å². The van der Waals surface area contributed by atoms with Gasteiger partial charge in [-0.2, -0.15) is 5.10 Å². The second kappa shape index (κ2) is 9.64. The van der Waals surface area contributed by atoms with E-state index in [1.54, 1.807) is 18.2 Å². The van der Waals surface area contributed by atoms with Crippen LogP contribution in [0.5, 0.6) is 5.75 Å². The Labute approximate surface area is 140 Å². The monoisotopic (exact) mass is 335 g/mol. The smallest absolute Gasteiger partial charge is 0.329 e. The summed E-state index contributed by atoms with van der Waals surface area (Å²) >= 11 is 0. The van der Waals surface area contributed by atoms with Crippen LogP contribution in [0.2, 0.25) is 0 Å². The first kappa shape index (κ1) is 17.9. The Morgan fingerprint density at radius 3 is 2.75 bits per heavy atom. The molecular weight excluding hydrogens is 312 g/mol. The zero-order valence-electron chi connectivity index (χ0n) is 13.5. The third-order valence-electron chi connectivity index (χ3n) is 3.71. The molecule has 0 aromatic heterocycles. The zero-order chi connectivity index (χ0) is 17.2. The van der Waals surface area contributed by atoms with Crippen LogP contribution < -0.4 is 15.6 Å². The highest BCUT2D eigenvalue weighted by atomic mass is 16.5. The molecule has 1 aliphatic rings. The number of carbonyl (C=O) groups is 2. The molecule has 1 fully saturated rings. The maximum absolute atomic E-state index is 11.6. The summed E-state index contributed by atoms with van der Waals surface area (Å²) in [6.45, 7) is 4.90. The molecule has 8 nitrogen and oxygen atoms in total. The number of nitrogens with zero attached hydrogens (tertiary/aromatic N) is 1. The zero-order valence-corrected chi connectivity index (χ0v) is 13.5. The van der Waals surface area contributed by atoms with E-state index in [1.165, 1.54) is 17.2 Å². The number of hydrogen-bond acceptors (Lipinski definition) is 5. The fourth-order valence-electron chi connectivity index (χ4n) is 2.34. The fourth-order valence-corrected chi connectivity index (χ4v) is 2.34. The van der Waals surface area contributed by atoms with Gasteiger partial charge in [0.05, 0.1) is 26.0 Å². The Hall–Kier alpha value is -2.45. The molecule has 0 unspecified atom stereocenters. The van der Waals surface area contributed by atoms with Gasteiger partial charge in [-0.1, -0.05) is 12.1 Å². The average Bonchev–Trinajstić information content (AvgIpc) is 2.61. The first-order valence-corrected chi connectivity index (χ1v) is 7.97. The number of hydrogen-bond donors (Lipinski definition) is 4. The van der Waals surface area contributed by atoms with Crippen molar-refractivity contribution in [2.75, 3.05) is 39.4 Å². The van der Waals surface area contributed by atoms with Crippen LogP contribution in [0.15, 0.2) is 29.4 Å². The van der Waals surface area contributed by atoms with Crippen molar-refractivity contribution in [3.63, 3.8) is 0 Å². The van der Waals surface area contributed by atoms with Crippen molar-refractivity contribution in [2.45, 2.75) is 6.42 Å². The van der Waals surface area contributed by atoms with Gasteiger partial charge in [-0.15, -0.1) is 0 Å². The largest absolute Gasteiger partial charge is 0.507 e. The molecule has 1 heterocycles. The minimum Gasteiger partial charge on any atom is -0.507 e. The number of nitrogens with one attached hydrogen (secondary N) is 3. The number of carbonyl (C=O) groups excluding carboxylic acids is 2. The lowest BCUT2D eigenvalue weighted by Crippen LogP contribution is -3.14. The average molecular weight is 335 g/mol. The predicted molar refractivity (Wildman–Crippen MR) is 87.9 cm³/mol. The summed E-state index contributed by atoms with van der Waals surface area (Å²) in [5.41, 5.74) is 2.58. The van der Waals surface area contributed by atoms with E-state index < -0.39 is 11.8 Å². The molecule has 1 saturated heterocycles. The Kier molecular flexibility index (Phi) is 7.19. The summed E-state index contributed by atoms with van der Waals surface area (Å²) in [4.78, 5) is 24.7. The van der Waals surface area contributed by atoms with Gasteiger partial charge in [0.15, 0.2) is 0 Å². The van der Waals surface area contributed by atoms with Crippen molar-refractivity contribution >= 4 is 18.0 Å². The Balaban J connectivity index is 1.63. The van der Waals surface area contributed by atoms with Crippen molar-refractivity contribution < 1.29 is 24.3 Å². The van der Waals surface area contributed by atoms with Crippen molar-refractivity contribution in [3.8, 4) is 5.75 Å². The van der Waals surface area contributed by atoms with E-state index in [1.807, 2.05) is 0 Å². The van der Waals surface area contributed by atoms with Gasteiger partial charge < -0.3 is 20.1 Å². The quantitative estimate of drug-likeness (QED) is 0.214. The summed E-state index contributed by atoms with van der Waals surface area (Å²) in [7, 11) is 0. The van der Waals surface area contributed by atoms with Crippen molar-refractivity contribution in [3.05, 3.63) is 29.8 Å². The van der Waals surface area contributed by atoms with E-state index in [-0.39, 0.29) is 5.75 Å². The third kappa shape index (κ3) is 5.98. The van der Waals surface area contributed by atoms with Crippen molar-refractivity contribution in [2.24, 2.45) is 5.10 Å². The Morgan fingerprint density at radius 1 is 1.25 bits per heavy atom. The highest BCUT2D eigenvalue weighted by Crippen LogP contribution is 2.12. The number of hydrazone groups is 1. The molecule has 24 heavy (non-hydrogen) atoms. The summed E-state index contributed by atoms with van der Waals surface area (Å²) in [5.74, 6) is -1.51. The van der Waals surface area contributed by atoms with E-state index in [2.05, 4.69) is 15.8 Å². The van der Waals surface area contributed by atoms with Gasteiger partial charge in [0.2, 0.25) is 0 Å². The number of phenols is 1. The SMILES string of the molecule is O=C(NCCC[NH+]1CCOCC1)C(=O)N/N=C/c1ccccc1O. The predicted octanol–water partition coefficient (Wildman–Crippen LogP) is -1.74. The summed E-state index contributed by atoms with van der Waals surface area (Å²) < 4.78 is 5.28. The minimum absolute atomic E-state index is 0.0468. The number of aromatic hydroxyl groups is 1. The molecule has 1 aliphatic heterocycles. The van der Waals surface area contributed by atoms with Gasteiger partial charge >= 0.3 is 11.8 Å². The van der Waals surface area contributed by atoms with Gasteiger partial charge in [0, 0.05) is 18.5 Å². The number of rotatable bonds is 6. The standard InChI is InChI=1S/C16H22N4O4/c21-14-5-2-1-4-13(14)12-18-19-16(23)15(22)17-6-3-7-20-8-10-24-11-9-20/h1-2,4-5,12,21H,3,6-11H2,(H,17,22)(H,19,23)/p+1/b18-12+. The Bertz CT molecular complexity index is 585. The van der Waals surface area contributed by atoms with Crippen molar-refractivity contribution in [1.29, 1.82) is 0 Å². The first-order valence-electron chi connectivity index (χ1n) is 7.97. The summed E-state index contributed by atoms with van der Waals surface area (Å²) in [5, 5.41) is 15.8. The number of quaternary nitrogens is 1. The molecule has 0 bridgehead atoms. The lowest BCUT2D eigenvalue weighted by Gasteiger charge is -2.23. The Morgan fingerprint density at radius 2 is 2.00 bits per heavy atom. The number of morpholine rings is 1. The second-order valence-corrected chi connectivity index (χ2v) is 5.48. The van der Waals surface area contributed by atoms with E-state index in [0.29, 0.717) is 12.1 Å². The van der Waals surface area contributed by atoms with Gasteiger partial charge in [-0.3, -0.25) is 9.59 Å². The molecule has 0 spiro atoms. The van der Waals surface area contributed by atoms with E-state index >= 15 is 0 Å². The third-order valence-corrected chi connectivity index (χ3v) is 3.71. The lowest BCUT2D eigenvalue weighted by atomic mass is 10.2. The van der Waals surface area contributed by atoms with Crippen LogP contribution in [0.3, 0.4) is 0 Å². The highest BCUT2D eigenvalue weighted by Gasteiger charge is 2.14. The van der Waals surface area contributed by atoms with Crippen LogP contribution in [-0.2, 0) is 14.3 Å². The molecule has 130 valence electrons. The molecule has 1 aromatic rings. The lowest BCUT2D eigenvalue weighted by molar-refractivity contribution is -0.908. The number of para-hydroxylation sites is 1. The van der Waals surface area contributed by atoms with E-state index in [9.17, 15) is 14.7 Å². The minimum atomic E-state index is -0.833. The van der Waals surface area contributed by atoms with Gasteiger partial charge in [-0.25, -0.2) is 5.43 Å². The number of benzene rings is 1. The molecule has 0 saturated carbocycles. The van der Waals surface area contributed by atoms with Crippen LogP contribution in [-0.4, -0.2) is 62.5 Å². The van der Waals surface area contributed by atoms with E-state index in [0.717, 1.165) is 39.3 Å². The maximum atomic E-state index is 11.6. The fraction of sp³-hybridized carbons (Fsp3) is 0.438. The van der Waals surface area contributed by atoms with Crippen molar-refractivity contribution in [1.82, 2.24) is 10.7 Å². The topological polar surface area (TPSA) is 104 Å². The van der Waals surface area contributed by atoms with Crippen LogP contribution in [0.25, 0.3) is 0 Å². The van der Waals surface area contributed by atoms with Crippen LogP contribution in [0.1, 0.15) is 12.0 Å². The first-order chi connectivity index (χ1) is 11.7. The molecule has 8 heteroatoms. The molecule has 0 atom stereocenters. The summed E-state index contributed by atoms with van der Waals surface area (Å²) in [6.07, 6.45) is 2.08. The molecular formula is C16H23N4O4+. The van der Waals surface area contributed by atoms with Gasteiger partial charge in [0.1, 0.15) is 18.8 Å². The number of ether oxygens (including phenoxy) is 1. The number of amides is 2. The maximum Gasteiger partial charge on any atom is 0.329 e. The molecule has 2 amide bonds. The molecule has 0 radical (unpaired) electrons.